The van der Waals surface area contributed by atoms with Crippen molar-refractivity contribution in [2.75, 3.05) is 7.11 Å². The topological polar surface area (TPSA) is 125 Å². The molecule has 0 saturated carbocycles. The summed E-state index contributed by atoms with van der Waals surface area (Å²) >= 11 is 0. The number of barbiturate groups is 1. The summed E-state index contributed by atoms with van der Waals surface area (Å²) < 4.78 is 4.86. The minimum Gasteiger partial charge on any atom is -0.545 e. The Balaban J connectivity index is 2.43. The number of aromatic carboxylic acids is 1. The van der Waals surface area contributed by atoms with Crippen molar-refractivity contribution in [1.29, 1.82) is 0 Å². The van der Waals surface area contributed by atoms with Gasteiger partial charge in [0.15, 0.2) is 0 Å². The smallest absolute Gasteiger partial charge is 0.328 e. The molecule has 1 aromatic carbocycles. The lowest BCUT2D eigenvalue weighted by atomic mass is 10.1. The number of rotatable bonds is 3. The molecule has 2 N–H and O–H groups in total. The molecule has 0 unspecified atom stereocenters. The Bertz CT molecular complexity index is 670. The van der Waals surface area contributed by atoms with E-state index in [1.54, 1.807) is 0 Å². The van der Waals surface area contributed by atoms with Gasteiger partial charge in [-0.1, -0.05) is 6.07 Å². The van der Waals surface area contributed by atoms with Gasteiger partial charge in [-0.3, -0.25) is 20.2 Å². The quantitative estimate of drug-likeness (QED) is 0.532. The lowest BCUT2D eigenvalue weighted by Gasteiger charge is -2.14. The van der Waals surface area contributed by atoms with Crippen molar-refractivity contribution in [3.63, 3.8) is 0 Å². The van der Waals surface area contributed by atoms with Gasteiger partial charge in [-0.15, -0.1) is 0 Å². The summed E-state index contributed by atoms with van der Waals surface area (Å²) in [6.45, 7) is 0. The van der Waals surface area contributed by atoms with Gasteiger partial charge >= 0.3 is 6.03 Å². The molecular formula is C13H9N2O6-. The van der Waals surface area contributed by atoms with E-state index in [1.165, 1.54) is 25.3 Å². The Labute approximate surface area is 118 Å². The Morgan fingerprint density at radius 1 is 1.19 bits per heavy atom. The van der Waals surface area contributed by atoms with E-state index in [0.717, 1.165) is 6.08 Å². The molecule has 8 nitrogen and oxygen atoms in total. The lowest BCUT2D eigenvalue weighted by Crippen LogP contribution is -2.51. The molecule has 0 aromatic heterocycles. The highest BCUT2D eigenvalue weighted by atomic mass is 16.5. The van der Waals surface area contributed by atoms with Crippen LogP contribution in [-0.2, 0) is 9.59 Å². The third-order valence-electron chi connectivity index (χ3n) is 2.70. The zero-order valence-electron chi connectivity index (χ0n) is 10.8. The zero-order chi connectivity index (χ0) is 15.6. The number of benzene rings is 1. The highest BCUT2D eigenvalue weighted by Gasteiger charge is 2.27. The number of hydrogen-bond donors (Lipinski definition) is 2. The van der Waals surface area contributed by atoms with E-state index < -0.39 is 23.8 Å². The van der Waals surface area contributed by atoms with E-state index in [2.05, 4.69) is 0 Å². The molecule has 0 atom stereocenters. The highest BCUT2D eigenvalue weighted by Crippen LogP contribution is 2.21. The van der Waals surface area contributed by atoms with Crippen LogP contribution in [0.5, 0.6) is 5.75 Å². The summed E-state index contributed by atoms with van der Waals surface area (Å²) in [5.74, 6) is -3.10. The van der Waals surface area contributed by atoms with Gasteiger partial charge in [0, 0.05) is 5.56 Å². The summed E-state index contributed by atoms with van der Waals surface area (Å²) in [5, 5.41) is 14.8. The Hall–Kier alpha value is -3.16. The number of urea groups is 1. The molecule has 4 amide bonds. The number of amides is 4. The predicted octanol–water partition coefficient (Wildman–Crippen LogP) is -1.19. The molecule has 1 aromatic rings. The van der Waals surface area contributed by atoms with Gasteiger partial charge < -0.3 is 14.6 Å². The van der Waals surface area contributed by atoms with Gasteiger partial charge in [0.25, 0.3) is 11.8 Å². The van der Waals surface area contributed by atoms with Crippen molar-refractivity contribution < 1.29 is 29.0 Å². The standard InChI is InChI=1S/C13H10N2O6/c1-21-9-3-2-6(4-7(9)12(18)19)5-8-10(16)14-13(20)15-11(8)17/h2-5H,1H3,(H,18,19)(H2,14,15,16,17,20)/p-1. The average Bonchev–Trinajstić information content (AvgIpc) is 2.42. The van der Waals surface area contributed by atoms with Crippen molar-refractivity contribution >= 4 is 29.9 Å². The van der Waals surface area contributed by atoms with Gasteiger partial charge in [-0.2, -0.15) is 0 Å². The Morgan fingerprint density at radius 3 is 2.33 bits per heavy atom. The predicted molar refractivity (Wildman–Crippen MR) is 67.0 cm³/mol. The first-order valence-corrected chi connectivity index (χ1v) is 5.70. The van der Waals surface area contributed by atoms with E-state index in [1.807, 2.05) is 10.6 Å². The largest absolute Gasteiger partial charge is 0.545 e. The molecule has 108 valence electrons. The van der Waals surface area contributed by atoms with Crippen LogP contribution in [0.3, 0.4) is 0 Å². The lowest BCUT2D eigenvalue weighted by molar-refractivity contribution is -0.255. The second-order valence-corrected chi connectivity index (χ2v) is 4.04. The number of carboxylic acid groups (broad SMARTS) is 1. The van der Waals surface area contributed by atoms with Crippen molar-refractivity contribution in [3.8, 4) is 5.75 Å². The number of ether oxygens (including phenoxy) is 1. The van der Waals surface area contributed by atoms with Gasteiger partial charge in [0.1, 0.15) is 11.3 Å². The van der Waals surface area contributed by atoms with Crippen LogP contribution in [0.1, 0.15) is 15.9 Å². The van der Waals surface area contributed by atoms with Gasteiger partial charge in [-0.05, 0) is 23.8 Å². The fraction of sp³-hybridized carbons (Fsp3) is 0.0769. The fourth-order valence-electron chi connectivity index (χ4n) is 1.75. The van der Waals surface area contributed by atoms with E-state index in [9.17, 15) is 24.3 Å². The molecule has 8 heteroatoms. The number of carboxylic acids is 1. The van der Waals surface area contributed by atoms with E-state index in [4.69, 9.17) is 4.74 Å². The van der Waals surface area contributed by atoms with Crippen LogP contribution >= 0.6 is 0 Å². The van der Waals surface area contributed by atoms with Crippen molar-refractivity contribution in [2.45, 2.75) is 0 Å². The number of nitrogens with one attached hydrogen (secondary N) is 2. The van der Waals surface area contributed by atoms with E-state index in [-0.39, 0.29) is 22.4 Å². The normalized spacial score (nSPS) is 14.3. The minimum atomic E-state index is -1.46. The molecule has 1 fully saturated rings. The van der Waals surface area contributed by atoms with Crippen LogP contribution in [0.15, 0.2) is 23.8 Å². The van der Waals surface area contributed by atoms with Gasteiger partial charge in [-0.25, -0.2) is 4.79 Å². The summed E-state index contributed by atoms with van der Waals surface area (Å²) in [6.07, 6.45) is 1.16. The van der Waals surface area contributed by atoms with Crippen LogP contribution in [0, 0.1) is 0 Å². The first-order chi connectivity index (χ1) is 9.92. The van der Waals surface area contributed by atoms with Crippen LogP contribution in [0.25, 0.3) is 6.08 Å². The van der Waals surface area contributed by atoms with Crippen LogP contribution in [0.2, 0.25) is 0 Å². The molecule has 0 spiro atoms. The maximum atomic E-state index is 11.5. The number of hydrogen-bond acceptors (Lipinski definition) is 6. The number of carbonyl (C=O) groups is 4. The van der Waals surface area contributed by atoms with Crippen molar-refractivity contribution in [3.05, 3.63) is 34.9 Å². The monoisotopic (exact) mass is 289 g/mol. The second kappa shape index (κ2) is 5.45. The van der Waals surface area contributed by atoms with Crippen LogP contribution in [-0.4, -0.2) is 30.9 Å². The van der Waals surface area contributed by atoms with E-state index >= 15 is 0 Å². The summed E-state index contributed by atoms with van der Waals surface area (Å²) in [4.78, 5) is 45.0. The molecule has 0 radical (unpaired) electrons. The molecule has 0 aliphatic carbocycles. The minimum absolute atomic E-state index is 0.0878. The second-order valence-electron chi connectivity index (χ2n) is 4.04. The van der Waals surface area contributed by atoms with Gasteiger partial charge in [0.2, 0.25) is 0 Å². The van der Waals surface area contributed by atoms with Crippen LogP contribution in [0.4, 0.5) is 4.79 Å². The highest BCUT2D eigenvalue weighted by molar-refractivity contribution is 6.31. The summed E-state index contributed by atoms with van der Waals surface area (Å²) in [6, 6.07) is 3.10. The molecule has 1 aliphatic heterocycles. The number of methoxy groups -OCH3 is 1. The molecular weight excluding hydrogens is 280 g/mol. The molecule has 2 rings (SSSR count). The summed E-state index contributed by atoms with van der Waals surface area (Å²) in [7, 11) is 1.30. The Kier molecular flexibility index (Phi) is 3.70. The van der Waals surface area contributed by atoms with Crippen molar-refractivity contribution in [2.24, 2.45) is 0 Å². The van der Waals surface area contributed by atoms with Crippen molar-refractivity contribution in [1.82, 2.24) is 10.6 Å². The number of imide groups is 2. The third kappa shape index (κ3) is 2.89. The molecule has 1 aliphatic rings. The number of carbonyl (C=O) groups excluding carboxylic acids is 4. The zero-order valence-corrected chi connectivity index (χ0v) is 10.8. The first-order valence-electron chi connectivity index (χ1n) is 5.70. The summed E-state index contributed by atoms with van der Waals surface area (Å²) in [5.41, 5.74) is -0.270. The molecule has 21 heavy (non-hydrogen) atoms. The molecule has 0 bridgehead atoms. The first kappa shape index (κ1) is 14.3. The fourth-order valence-corrected chi connectivity index (χ4v) is 1.75. The van der Waals surface area contributed by atoms with Crippen LogP contribution < -0.4 is 20.5 Å². The van der Waals surface area contributed by atoms with Gasteiger partial charge in [0.05, 0.1) is 13.1 Å². The molecule has 1 heterocycles. The SMILES string of the molecule is COc1ccc(C=C2C(=O)NC(=O)NC2=O)cc1C(=O)[O-]. The third-order valence-corrected chi connectivity index (χ3v) is 2.70. The average molecular weight is 289 g/mol. The Morgan fingerprint density at radius 2 is 1.81 bits per heavy atom. The van der Waals surface area contributed by atoms with E-state index in [0.29, 0.717) is 0 Å². The maximum Gasteiger partial charge on any atom is 0.328 e. The molecule has 1 saturated heterocycles. The maximum absolute atomic E-state index is 11.5.